The van der Waals surface area contributed by atoms with Gasteiger partial charge in [-0.05, 0) is 48.6 Å². The molecule has 0 radical (unpaired) electrons. The number of hydrogen-bond acceptors (Lipinski definition) is 5. The summed E-state index contributed by atoms with van der Waals surface area (Å²) in [6.07, 6.45) is 1.41. The Morgan fingerprint density at radius 2 is 1.95 bits per heavy atom. The van der Waals surface area contributed by atoms with Crippen molar-refractivity contribution >= 4 is 50.7 Å². The molecule has 1 atom stereocenters. The fraction of sp³-hybridized carbons (Fsp3) is 0.360. The molecule has 5 rings (SSSR count). The van der Waals surface area contributed by atoms with Crippen molar-refractivity contribution in [3.8, 4) is 0 Å². The number of carboxylic acid groups (broad SMARTS) is 1. The van der Waals surface area contributed by atoms with Crippen LogP contribution in [0.25, 0.3) is 11.1 Å². The number of urea groups is 2. The number of nitrogens with zero attached hydrogens (tertiary/aromatic N) is 2. The second kappa shape index (κ2) is 10.3. The van der Waals surface area contributed by atoms with Gasteiger partial charge in [0.1, 0.15) is 0 Å². The molecule has 0 bridgehead atoms. The number of nitrogens with one attached hydrogen (secondary N) is 3. The van der Waals surface area contributed by atoms with Crippen LogP contribution in [0.5, 0.6) is 0 Å². The van der Waals surface area contributed by atoms with E-state index in [1.165, 1.54) is 0 Å². The Morgan fingerprint density at radius 1 is 1.19 bits per heavy atom. The fourth-order valence-electron chi connectivity index (χ4n) is 4.90. The summed E-state index contributed by atoms with van der Waals surface area (Å²) in [7, 11) is 0. The highest BCUT2D eigenvalue weighted by Crippen LogP contribution is 2.28. The van der Waals surface area contributed by atoms with E-state index in [0.717, 1.165) is 11.3 Å². The average molecular weight is 572 g/mol. The van der Waals surface area contributed by atoms with Crippen molar-refractivity contribution in [2.45, 2.75) is 31.8 Å². The molecule has 1 saturated heterocycles. The highest BCUT2D eigenvalue weighted by atomic mass is 79.9. The van der Waals surface area contributed by atoms with E-state index in [9.17, 15) is 24.3 Å². The number of aromatic nitrogens is 1. The average Bonchev–Trinajstić information content (AvgIpc) is 3.24. The number of piperidine rings is 1. The Bertz CT molecular complexity index is 1410. The Labute approximate surface area is 219 Å². The lowest BCUT2D eigenvalue weighted by Gasteiger charge is -2.40. The molecule has 0 unspecified atom stereocenters. The third-order valence-corrected chi connectivity index (χ3v) is 7.69. The molecular weight excluding hydrogens is 546 g/mol. The third kappa shape index (κ3) is 5.33. The Hall–Kier alpha value is -3.80. The first-order valence-corrected chi connectivity index (χ1v) is 12.8. The standard InChI is InChI=1S/C25H26BrN5O6/c26-18-11-20-21(37-25(36)29-20)10-15(18)9-16(22(32)33)12-27-23(34)30-7-5-17(6-8-30)31-13-14-3-1-2-4-19(14)28-24(31)35/h1-4,10-11,16-17H,5-9,12-13H2,(H,27,34)(H,28,35)(H,29,36)(H,32,33)/t16-/m1/s1. The maximum absolute atomic E-state index is 12.8. The number of benzene rings is 2. The number of aliphatic carboxylic acids is 1. The van der Waals surface area contributed by atoms with Crippen LogP contribution in [0, 0.1) is 5.92 Å². The monoisotopic (exact) mass is 571 g/mol. The normalized spacial score (nSPS) is 16.8. The Kier molecular flexibility index (Phi) is 6.92. The van der Waals surface area contributed by atoms with Crippen LogP contribution >= 0.6 is 15.9 Å². The van der Waals surface area contributed by atoms with Crippen molar-refractivity contribution in [2.75, 3.05) is 25.0 Å². The number of oxazole rings is 1. The van der Waals surface area contributed by atoms with Gasteiger partial charge in [-0.15, -0.1) is 0 Å². The lowest BCUT2D eigenvalue weighted by molar-refractivity contribution is -0.141. The molecule has 0 spiro atoms. The van der Waals surface area contributed by atoms with Gasteiger partial charge in [-0.25, -0.2) is 14.4 Å². The summed E-state index contributed by atoms with van der Waals surface area (Å²) in [5.74, 6) is -2.51. The number of para-hydroxylation sites is 1. The van der Waals surface area contributed by atoms with Crippen LogP contribution in [0.2, 0.25) is 0 Å². The van der Waals surface area contributed by atoms with E-state index in [0.29, 0.717) is 53.6 Å². The number of aromatic amines is 1. The highest BCUT2D eigenvalue weighted by molar-refractivity contribution is 9.10. The predicted octanol–water partition coefficient (Wildman–Crippen LogP) is 3.35. The number of halogens is 1. The van der Waals surface area contributed by atoms with Crippen LogP contribution in [0.4, 0.5) is 15.3 Å². The van der Waals surface area contributed by atoms with Crippen molar-refractivity contribution in [2.24, 2.45) is 5.92 Å². The molecule has 4 amide bonds. The van der Waals surface area contributed by atoms with Gasteiger partial charge in [-0.3, -0.25) is 9.78 Å². The smallest absolute Gasteiger partial charge is 0.417 e. The molecule has 1 aromatic heterocycles. The summed E-state index contributed by atoms with van der Waals surface area (Å²) in [4.78, 5) is 54.8. The zero-order chi connectivity index (χ0) is 26.1. The summed E-state index contributed by atoms with van der Waals surface area (Å²) in [5.41, 5.74) is 3.39. The number of H-pyrrole nitrogens is 1. The van der Waals surface area contributed by atoms with E-state index in [4.69, 9.17) is 4.42 Å². The molecule has 11 nitrogen and oxygen atoms in total. The number of amides is 4. The van der Waals surface area contributed by atoms with E-state index in [1.807, 2.05) is 29.2 Å². The van der Waals surface area contributed by atoms with Crippen molar-refractivity contribution < 1.29 is 23.9 Å². The van der Waals surface area contributed by atoms with Crippen LogP contribution in [-0.2, 0) is 17.8 Å². The molecule has 2 aromatic carbocycles. The molecule has 4 N–H and O–H groups in total. The Morgan fingerprint density at radius 3 is 2.70 bits per heavy atom. The minimum absolute atomic E-state index is 0.0184. The lowest BCUT2D eigenvalue weighted by atomic mass is 9.99. The highest BCUT2D eigenvalue weighted by Gasteiger charge is 2.33. The summed E-state index contributed by atoms with van der Waals surface area (Å²) in [6, 6.07) is 10.6. The quantitative estimate of drug-likeness (QED) is 0.356. The summed E-state index contributed by atoms with van der Waals surface area (Å²) >= 11 is 3.41. The van der Waals surface area contributed by atoms with Crippen molar-refractivity contribution in [1.82, 2.24) is 20.1 Å². The molecule has 2 aliphatic heterocycles. The molecular formula is C25H26BrN5O6. The molecule has 12 heteroatoms. The molecule has 3 aromatic rings. The zero-order valence-corrected chi connectivity index (χ0v) is 21.4. The molecule has 0 saturated carbocycles. The number of carbonyl (C=O) groups is 3. The van der Waals surface area contributed by atoms with Gasteiger partial charge >= 0.3 is 23.8 Å². The summed E-state index contributed by atoms with van der Waals surface area (Å²) in [6.45, 7) is 1.41. The minimum atomic E-state index is -1.04. The van der Waals surface area contributed by atoms with Gasteiger partial charge in [-0.2, -0.15) is 0 Å². The van der Waals surface area contributed by atoms with Crippen LogP contribution in [0.3, 0.4) is 0 Å². The SMILES string of the molecule is O=C(O)[C@@H](CNC(=O)N1CCC(N2Cc3ccccc3NC2=O)CC1)Cc1cc2oc(=O)[nH]c2cc1Br. The van der Waals surface area contributed by atoms with Crippen LogP contribution in [0.1, 0.15) is 24.0 Å². The van der Waals surface area contributed by atoms with Crippen LogP contribution < -0.4 is 16.4 Å². The maximum atomic E-state index is 12.8. The molecule has 0 aliphatic carbocycles. The van der Waals surface area contributed by atoms with Gasteiger partial charge in [-0.1, -0.05) is 34.1 Å². The first-order chi connectivity index (χ1) is 17.8. The predicted molar refractivity (Wildman–Crippen MR) is 138 cm³/mol. The van der Waals surface area contributed by atoms with Gasteiger partial charge in [0.05, 0.1) is 11.4 Å². The first-order valence-electron chi connectivity index (χ1n) is 12.0. The second-order valence-electron chi connectivity index (χ2n) is 9.31. The van der Waals surface area contributed by atoms with Gasteiger partial charge in [0.2, 0.25) is 0 Å². The third-order valence-electron chi connectivity index (χ3n) is 6.96. The number of carbonyl (C=O) groups excluding carboxylic acids is 2. The molecule has 3 heterocycles. The zero-order valence-electron chi connectivity index (χ0n) is 19.8. The van der Waals surface area contributed by atoms with Crippen molar-refractivity contribution in [3.05, 3.63) is 62.5 Å². The van der Waals surface area contributed by atoms with Gasteiger partial charge in [0, 0.05) is 42.4 Å². The number of anilines is 1. The maximum Gasteiger partial charge on any atom is 0.417 e. The van der Waals surface area contributed by atoms with Gasteiger partial charge in [0.25, 0.3) is 0 Å². The lowest BCUT2D eigenvalue weighted by Crippen LogP contribution is -2.53. The van der Waals surface area contributed by atoms with E-state index >= 15 is 0 Å². The van der Waals surface area contributed by atoms with E-state index in [-0.39, 0.29) is 31.1 Å². The first kappa shape index (κ1) is 24.9. The number of fused-ring (bicyclic) bond motifs is 2. The van der Waals surface area contributed by atoms with Gasteiger partial charge < -0.3 is 30.0 Å². The minimum Gasteiger partial charge on any atom is -0.481 e. The van der Waals surface area contributed by atoms with Crippen LogP contribution in [-0.4, -0.2) is 63.6 Å². The fourth-order valence-corrected chi connectivity index (χ4v) is 5.41. The summed E-state index contributed by atoms with van der Waals surface area (Å²) < 4.78 is 5.72. The number of likely N-dealkylation sites (tertiary alicyclic amines) is 1. The number of hydrogen-bond donors (Lipinski definition) is 4. The number of carboxylic acids is 1. The van der Waals surface area contributed by atoms with Crippen LogP contribution in [0.15, 0.2) is 50.1 Å². The molecule has 2 aliphatic rings. The van der Waals surface area contributed by atoms with Crippen molar-refractivity contribution in [3.63, 3.8) is 0 Å². The molecule has 194 valence electrons. The van der Waals surface area contributed by atoms with Crippen molar-refractivity contribution in [1.29, 1.82) is 0 Å². The molecule has 37 heavy (non-hydrogen) atoms. The van der Waals surface area contributed by atoms with E-state index in [1.54, 1.807) is 17.0 Å². The number of rotatable bonds is 6. The topological polar surface area (TPSA) is 148 Å². The second-order valence-corrected chi connectivity index (χ2v) is 10.2. The van der Waals surface area contributed by atoms with E-state index < -0.39 is 17.6 Å². The van der Waals surface area contributed by atoms with Gasteiger partial charge in [0.15, 0.2) is 5.58 Å². The molecule has 1 fully saturated rings. The Balaban J connectivity index is 1.15. The largest absolute Gasteiger partial charge is 0.481 e. The summed E-state index contributed by atoms with van der Waals surface area (Å²) in [5, 5.41) is 15.4. The van der Waals surface area contributed by atoms with E-state index in [2.05, 4.69) is 31.5 Å².